The molecule has 0 aliphatic carbocycles. The lowest BCUT2D eigenvalue weighted by atomic mass is 10.2. The van der Waals surface area contributed by atoms with Crippen molar-refractivity contribution in [3.05, 3.63) is 24.0 Å². The van der Waals surface area contributed by atoms with E-state index in [0.717, 1.165) is 6.07 Å². The van der Waals surface area contributed by atoms with Crippen LogP contribution in [0, 0.1) is 11.7 Å². The summed E-state index contributed by atoms with van der Waals surface area (Å²) in [6.45, 7) is 4.83. The van der Waals surface area contributed by atoms with Crippen LogP contribution in [0.15, 0.2) is 23.1 Å². The third-order valence-electron chi connectivity index (χ3n) is 2.26. The molecule has 0 aromatic heterocycles. The van der Waals surface area contributed by atoms with Gasteiger partial charge in [-0.25, -0.2) is 17.5 Å². The summed E-state index contributed by atoms with van der Waals surface area (Å²) in [4.78, 5) is -0.515. The van der Waals surface area contributed by atoms with Gasteiger partial charge in [0.1, 0.15) is 10.7 Å². The van der Waals surface area contributed by atoms with Crippen LogP contribution in [0.4, 0.5) is 10.1 Å². The van der Waals surface area contributed by atoms with E-state index in [0.29, 0.717) is 12.5 Å². The van der Waals surface area contributed by atoms with Crippen LogP contribution >= 0.6 is 0 Å². The second-order valence-corrected chi connectivity index (χ2v) is 6.23. The van der Waals surface area contributed by atoms with Gasteiger partial charge in [0.05, 0.1) is 12.3 Å². The van der Waals surface area contributed by atoms with Crippen molar-refractivity contribution in [2.75, 3.05) is 25.5 Å². The Bertz CT molecular complexity index is 497. The summed E-state index contributed by atoms with van der Waals surface area (Å²) in [5.74, 6) is -0.491. The zero-order chi connectivity index (χ0) is 14.5. The van der Waals surface area contributed by atoms with Crippen LogP contribution < -0.4 is 10.5 Å². The Hall–Kier alpha value is -1.18. The summed E-state index contributed by atoms with van der Waals surface area (Å²) < 4.78 is 44.8. The number of benzene rings is 1. The third-order valence-corrected chi connectivity index (χ3v) is 3.81. The van der Waals surface area contributed by atoms with Gasteiger partial charge in [-0.05, 0) is 18.1 Å². The minimum absolute atomic E-state index is 0.0722. The molecule has 0 saturated heterocycles. The van der Waals surface area contributed by atoms with Gasteiger partial charge in [-0.3, -0.25) is 0 Å². The molecule has 1 rings (SSSR count). The lowest BCUT2D eigenvalue weighted by Gasteiger charge is -2.10. The molecule has 1 aromatic carbocycles. The Labute approximate surface area is 113 Å². The number of nitrogens with one attached hydrogen (secondary N) is 1. The van der Waals surface area contributed by atoms with Crippen molar-refractivity contribution in [1.29, 1.82) is 0 Å². The van der Waals surface area contributed by atoms with Crippen LogP contribution in [0.2, 0.25) is 0 Å². The van der Waals surface area contributed by atoms with E-state index in [1.165, 1.54) is 12.1 Å². The van der Waals surface area contributed by atoms with Gasteiger partial charge in [-0.15, -0.1) is 0 Å². The minimum atomic E-state index is -3.95. The van der Waals surface area contributed by atoms with Crippen molar-refractivity contribution < 1.29 is 17.5 Å². The summed E-state index contributed by atoms with van der Waals surface area (Å²) in [5, 5.41) is 0. The van der Waals surface area contributed by atoms with Crippen LogP contribution in [0.1, 0.15) is 13.8 Å². The van der Waals surface area contributed by atoms with Gasteiger partial charge in [0.25, 0.3) is 0 Å². The monoisotopic (exact) mass is 290 g/mol. The van der Waals surface area contributed by atoms with Crippen molar-refractivity contribution in [2.24, 2.45) is 5.92 Å². The summed E-state index contributed by atoms with van der Waals surface area (Å²) >= 11 is 0. The third kappa shape index (κ3) is 4.77. The zero-order valence-electron chi connectivity index (χ0n) is 11.0. The molecule has 0 radical (unpaired) electrons. The van der Waals surface area contributed by atoms with Crippen molar-refractivity contribution >= 4 is 15.7 Å². The Balaban J connectivity index is 2.62. The van der Waals surface area contributed by atoms with Gasteiger partial charge in [-0.2, -0.15) is 0 Å². The summed E-state index contributed by atoms with van der Waals surface area (Å²) in [6, 6.07) is 3.75. The number of rotatable bonds is 7. The Morgan fingerprint density at radius 1 is 1.42 bits per heavy atom. The standard InChI is InChI=1S/C12H19FN2O3S/c1-9(2)8-18-7-6-15-19(16,17)12-10(13)4-3-5-11(12)14/h3-5,9,15H,6-8,14H2,1-2H3. The first-order valence-electron chi connectivity index (χ1n) is 5.96. The number of anilines is 1. The average Bonchev–Trinajstić information content (AvgIpc) is 2.27. The molecule has 3 N–H and O–H groups in total. The predicted octanol–water partition coefficient (Wildman–Crippen LogP) is 1.36. The Morgan fingerprint density at radius 3 is 2.68 bits per heavy atom. The van der Waals surface area contributed by atoms with Gasteiger partial charge in [0.15, 0.2) is 0 Å². The van der Waals surface area contributed by atoms with Crippen molar-refractivity contribution in [3.63, 3.8) is 0 Å². The van der Waals surface area contributed by atoms with Gasteiger partial charge >= 0.3 is 0 Å². The Morgan fingerprint density at radius 2 is 2.11 bits per heavy atom. The van der Waals surface area contributed by atoms with Crippen LogP contribution in [-0.4, -0.2) is 28.2 Å². The fraction of sp³-hybridized carbons (Fsp3) is 0.500. The van der Waals surface area contributed by atoms with Crippen molar-refractivity contribution in [1.82, 2.24) is 4.72 Å². The molecule has 0 atom stereocenters. The second kappa shape index (κ2) is 6.83. The molecular formula is C12H19FN2O3S. The molecule has 0 bridgehead atoms. The maximum absolute atomic E-state index is 13.5. The molecule has 0 aliphatic heterocycles. The molecular weight excluding hydrogens is 271 g/mol. The highest BCUT2D eigenvalue weighted by Gasteiger charge is 2.21. The maximum Gasteiger partial charge on any atom is 0.245 e. The summed E-state index contributed by atoms with van der Waals surface area (Å²) in [6.07, 6.45) is 0. The van der Waals surface area contributed by atoms with E-state index >= 15 is 0 Å². The van der Waals surface area contributed by atoms with Gasteiger partial charge in [-0.1, -0.05) is 19.9 Å². The van der Waals surface area contributed by atoms with Crippen molar-refractivity contribution in [2.45, 2.75) is 18.7 Å². The van der Waals surface area contributed by atoms with Gasteiger partial charge in [0.2, 0.25) is 10.0 Å². The molecule has 0 amide bonds. The quantitative estimate of drug-likeness (QED) is 0.587. The topological polar surface area (TPSA) is 81.4 Å². The molecule has 0 heterocycles. The van der Waals surface area contributed by atoms with Crippen molar-refractivity contribution in [3.8, 4) is 0 Å². The van der Waals surface area contributed by atoms with E-state index in [2.05, 4.69) is 4.72 Å². The summed E-state index contributed by atoms with van der Waals surface area (Å²) in [5.41, 5.74) is 5.37. The van der Waals surface area contributed by atoms with E-state index < -0.39 is 20.7 Å². The minimum Gasteiger partial charge on any atom is -0.398 e. The highest BCUT2D eigenvalue weighted by molar-refractivity contribution is 7.89. The molecule has 5 nitrogen and oxygen atoms in total. The molecule has 0 aliphatic rings. The van der Waals surface area contributed by atoms with E-state index in [-0.39, 0.29) is 18.8 Å². The molecule has 0 fully saturated rings. The first kappa shape index (κ1) is 15.9. The van der Waals surface area contributed by atoms with E-state index in [4.69, 9.17) is 10.5 Å². The highest BCUT2D eigenvalue weighted by atomic mass is 32.2. The average molecular weight is 290 g/mol. The predicted molar refractivity (Wildman–Crippen MR) is 71.7 cm³/mol. The first-order valence-corrected chi connectivity index (χ1v) is 7.44. The fourth-order valence-electron chi connectivity index (χ4n) is 1.45. The number of hydrogen-bond acceptors (Lipinski definition) is 4. The second-order valence-electron chi connectivity index (χ2n) is 4.52. The smallest absolute Gasteiger partial charge is 0.245 e. The normalized spacial score (nSPS) is 12.0. The lowest BCUT2D eigenvalue weighted by Crippen LogP contribution is -2.29. The maximum atomic E-state index is 13.5. The Kier molecular flexibility index (Phi) is 5.71. The molecule has 108 valence electrons. The van der Waals surface area contributed by atoms with Crippen LogP contribution in [-0.2, 0) is 14.8 Å². The number of hydrogen-bond donors (Lipinski definition) is 2. The molecule has 0 spiro atoms. The molecule has 19 heavy (non-hydrogen) atoms. The number of nitrogen functional groups attached to an aromatic ring is 1. The largest absolute Gasteiger partial charge is 0.398 e. The number of halogens is 1. The van der Waals surface area contributed by atoms with E-state index in [9.17, 15) is 12.8 Å². The fourth-order valence-corrected chi connectivity index (χ4v) is 2.65. The lowest BCUT2D eigenvalue weighted by molar-refractivity contribution is 0.114. The van der Waals surface area contributed by atoms with Crippen LogP contribution in [0.3, 0.4) is 0 Å². The van der Waals surface area contributed by atoms with Gasteiger partial charge < -0.3 is 10.5 Å². The first-order chi connectivity index (χ1) is 8.84. The van der Waals surface area contributed by atoms with E-state index in [1.807, 2.05) is 13.8 Å². The van der Waals surface area contributed by atoms with E-state index in [1.54, 1.807) is 0 Å². The molecule has 0 unspecified atom stereocenters. The van der Waals surface area contributed by atoms with Crippen LogP contribution in [0.25, 0.3) is 0 Å². The summed E-state index contributed by atoms with van der Waals surface area (Å²) in [7, 11) is -3.95. The molecule has 1 aromatic rings. The molecule has 0 saturated carbocycles. The zero-order valence-corrected chi connectivity index (χ0v) is 11.8. The van der Waals surface area contributed by atoms with Crippen LogP contribution in [0.5, 0.6) is 0 Å². The highest BCUT2D eigenvalue weighted by Crippen LogP contribution is 2.20. The number of ether oxygens (including phenoxy) is 1. The molecule has 7 heteroatoms. The SMILES string of the molecule is CC(C)COCCNS(=O)(=O)c1c(N)cccc1F. The number of nitrogens with two attached hydrogens (primary N) is 1. The number of sulfonamides is 1. The van der Waals surface area contributed by atoms with Gasteiger partial charge in [0, 0.05) is 13.2 Å².